The average Bonchev–Trinajstić information content (AvgIpc) is 2.54. The highest BCUT2D eigenvalue weighted by molar-refractivity contribution is 5.99. The molecule has 2 aromatic carbocycles. The first-order valence-corrected chi connectivity index (χ1v) is 7.17. The predicted octanol–water partition coefficient (Wildman–Crippen LogP) is 3.86. The summed E-state index contributed by atoms with van der Waals surface area (Å²) >= 11 is 0. The fourth-order valence-electron chi connectivity index (χ4n) is 2.29. The molecule has 22 heavy (non-hydrogen) atoms. The summed E-state index contributed by atoms with van der Waals surface area (Å²) in [7, 11) is 0. The Kier molecular flexibility index (Phi) is 4.01. The highest BCUT2D eigenvalue weighted by atomic mass is 16.2. The molecule has 110 valence electrons. The Morgan fingerprint density at radius 3 is 2.64 bits per heavy atom. The van der Waals surface area contributed by atoms with Gasteiger partial charge in [-0.1, -0.05) is 48.5 Å². The summed E-state index contributed by atoms with van der Waals surface area (Å²) in [5, 5.41) is 6.72. The molecule has 0 aliphatic rings. The molecule has 4 nitrogen and oxygen atoms in total. The molecule has 0 aliphatic carbocycles. The molecule has 4 heteroatoms. The van der Waals surface area contributed by atoms with E-state index in [0.717, 1.165) is 22.2 Å². The van der Waals surface area contributed by atoms with Gasteiger partial charge in [0.15, 0.2) is 0 Å². The SMILES string of the molecule is Cc1ccc2cccc(NC(=O)NCc3ccccc3)c2n1. The third kappa shape index (κ3) is 3.23. The molecule has 0 atom stereocenters. The maximum absolute atomic E-state index is 12.1. The molecule has 2 amide bonds. The molecular formula is C18H17N3O. The minimum Gasteiger partial charge on any atom is -0.334 e. The molecule has 0 fully saturated rings. The van der Waals surface area contributed by atoms with E-state index in [4.69, 9.17) is 0 Å². The molecule has 0 saturated carbocycles. The van der Waals surface area contributed by atoms with Crippen LogP contribution in [0.1, 0.15) is 11.3 Å². The van der Waals surface area contributed by atoms with E-state index in [0.29, 0.717) is 12.2 Å². The molecule has 0 radical (unpaired) electrons. The number of anilines is 1. The summed E-state index contributed by atoms with van der Waals surface area (Å²) in [5.41, 5.74) is 3.50. The predicted molar refractivity (Wildman–Crippen MR) is 88.8 cm³/mol. The first-order chi connectivity index (χ1) is 10.7. The number of nitrogens with one attached hydrogen (secondary N) is 2. The zero-order chi connectivity index (χ0) is 15.4. The zero-order valence-electron chi connectivity index (χ0n) is 12.3. The van der Waals surface area contributed by atoms with Crippen molar-refractivity contribution < 1.29 is 4.79 Å². The zero-order valence-corrected chi connectivity index (χ0v) is 12.3. The van der Waals surface area contributed by atoms with Gasteiger partial charge < -0.3 is 10.6 Å². The topological polar surface area (TPSA) is 54.0 Å². The van der Waals surface area contributed by atoms with Gasteiger partial charge in [-0.25, -0.2) is 4.79 Å². The van der Waals surface area contributed by atoms with Crippen LogP contribution in [0.3, 0.4) is 0 Å². The third-order valence-electron chi connectivity index (χ3n) is 3.40. The lowest BCUT2D eigenvalue weighted by Crippen LogP contribution is -2.28. The van der Waals surface area contributed by atoms with Crippen molar-refractivity contribution in [2.45, 2.75) is 13.5 Å². The number of hydrogen-bond acceptors (Lipinski definition) is 2. The Labute approximate surface area is 129 Å². The Morgan fingerprint density at radius 2 is 1.82 bits per heavy atom. The minimum absolute atomic E-state index is 0.236. The summed E-state index contributed by atoms with van der Waals surface area (Å²) in [6.45, 7) is 2.43. The van der Waals surface area contributed by atoms with Gasteiger partial charge in [-0.2, -0.15) is 0 Å². The van der Waals surface area contributed by atoms with E-state index in [1.807, 2.05) is 67.6 Å². The second-order valence-electron chi connectivity index (χ2n) is 5.12. The average molecular weight is 291 g/mol. The van der Waals surface area contributed by atoms with Gasteiger partial charge in [-0.3, -0.25) is 4.98 Å². The Morgan fingerprint density at radius 1 is 1.00 bits per heavy atom. The van der Waals surface area contributed by atoms with Crippen molar-refractivity contribution in [3.63, 3.8) is 0 Å². The van der Waals surface area contributed by atoms with E-state index in [-0.39, 0.29) is 6.03 Å². The fraction of sp³-hybridized carbons (Fsp3) is 0.111. The number of para-hydroxylation sites is 1. The fourth-order valence-corrected chi connectivity index (χ4v) is 2.29. The van der Waals surface area contributed by atoms with Crippen LogP contribution in [0.4, 0.5) is 10.5 Å². The number of rotatable bonds is 3. The Bertz CT molecular complexity index is 800. The number of aromatic nitrogens is 1. The van der Waals surface area contributed by atoms with E-state index in [1.165, 1.54) is 0 Å². The minimum atomic E-state index is -0.236. The van der Waals surface area contributed by atoms with E-state index in [2.05, 4.69) is 15.6 Å². The van der Waals surface area contributed by atoms with Crippen molar-refractivity contribution in [1.29, 1.82) is 0 Å². The van der Waals surface area contributed by atoms with Crippen LogP contribution in [0.2, 0.25) is 0 Å². The molecule has 3 rings (SSSR count). The van der Waals surface area contributed by atoms with Crippen LogP contribution in [0, 0.1) is 6.92 Å². The van der Waals surface area contributed by atoms with Crippen LogP contribution >= 0.6 is 0 Å². The first-order valence-electron chi connectivity index (χ1n) is 7.17. The molecule has 3 aromatic rings. The van der Waals surface area contributed by atoms with E-state index in [9.17, 15) is 4.79 Å². The number of aryl methyl sites for hydroxylation is 1. The number of urea groups is 1. The molecule has 1 heterocycles. The highest BCUT2D eigenvalue weighted by Crippen LogP contribution is 2.21. The van der Waals surface area contributed by atoms with Gasteiger partial charge >= 0.3 is 6.03 Å². The number of pyridine rings is 1. The molecule has 2 N–H and O–H groups in total. The van der Waals surface area contributed by atoms with Gasteiger partial charge in [-0.05, 0) is 24.6 Å². The van der Waals surface area contributed by atoms with Crippen LogP contribution in [0.5, 0.6) is 0 Å². The van der Waals surface area contributed by atoms with E-state index in [1.54, 1.807) is 0 Å². The molecule has 0 spiro atoms. The van der Waals surface area contributed by atoms with Crippen molar-refractivity contribution in [3.8, 4) is 0 Å². The molecule has 1 aromatic heterocycles. The van der Waals surface area contributed by atoms with E-state index >= 15 is 0 Å². The number of carbonyl (C=O) groups excluding carboxylic acids is 1. The van der Waals surface area contributed by atoms with E-state index < -0.39 is 0 Å². The number of carbonyl (C=O) groups is 1. The van der Waals surface area contributed by atoms with Crippen molar-refractivity contribution in [1.82, 2.24) is 10.3 Å². The maximum atomic E-state index is 12.1. The smallest absolute Gasteiger partial charge is 0.319 e. The summed E-state index contributed by atoms with van der Waals surface area (Å²) in [6.07, 6.45) is 0. The second-order valence-corrected chi connectivity index (χ2v) is 5.12. The van der Waals surface area contributed by atoms with Crippen LogP contribution in [-0.2, 0) is 6.54 Å². The summed E-state index contributed by atoms with van der Waals surface area (Å²) in [6, 6.07) is 19.3. The summed E-state index contributed by atoms with van der Waals surface area (Å²) < 4.78 is 0. The van der Waals surface area contributed by atoms with Gasteiger partial charge in [0, 0.05) is 17.6 Å². The number of fused-ring (bicyclic) bond motifs is 1. The number of nitrogens with zero attached hydrogens (tertiary/aromatic N) is 1. The monoisotopic (exact) mass is 291 g/mol. The lowest BCUT2D eigenvalue weighted by atomic mass is 10.2. The van der Waals surface area contributed by atoms with Crippen molar-refractivity contribution >= 4 is 22.6 Å². The lowest BCUT2D eigenvalue weighted by molar-refractivity contribution is 0.252. The Balaban J connectivity index is 1.73. The van der Waals surface area contributed by atoms with Crippen molar-refractivity contribution in [3.05, 3.63) is 71.9 Å². The van der Waals surface area contributed by atoms with Crippen LogP contribution < -0.4 is 10.6 Å². The van der Waals surface area contributed by atoms with Crippen LogP contribution in [-0.4, -0.2) is 11.0 Å². The summed E-state index contributed by atoms with van der Waals surface area (Å²) in [4.78, 5) is 16.6. The van der Waals surface area contributed by atoms with Crippen LogP contribution in [0.15, 0.2) is 60.7 Å². The number of hydrogen-bond donors (Lipinski definition) is 2. The van der Waals surface area contributed by atoms with Crippen LogP contribution in [0.25, 0.3) is 10.9 Å². The number of amides is 2. The second kappa shape index (κ2) is 6.26. The van der Waals surface area contributed by atoms with Gasteiger partial charge in [-0.15, -0.1) is 0 Å². The number of benzene rings is 2. The van der Waals surface area contributed by atoms with Crippen molar-refractivity contribution in [2.75, 3.05) is 5.32 Å². The summed E-state index contributed by atoms with van der Waals surface area (Å²) in [5.74, 6) is 0. The molecule has 0 bridgehead atoms. The van der Waals surface area contributed by atoms with Gasteiger partial charge in [0.1, 0.15) is 0 Å². The standard InChI is InChI=1S/C18H17N3O/c1-13-10-11-15-8-5-9-16(17(15)20-13)21-18(22)19-12-14-6-3-2-4-7-14/h2-11H,12H2,1H3,(H2,19,21,22). The van der Waals surface area contributed by atoms with Gasteiger partial charge in [0.25, 0.3) is 0 Å². The highest BCUT2D eigenvalue weighted by Gasteiger charge is 2.06. The molecular weight excluding hydrogens is 274 g/mol. The molecule has 0 unspecified atom stereocenters. The molecule has 0 saturated heterocycles. The molecule has 0 aliphatic heterocycles. The van der Waals surface area contributed by atoms with Gasteiger partial charge in [0.2, 0.25) is 0 Å². The normalized spacial score (nSPS) is 10.4. The maximum Gasteiger partial charge on any atom is 0.319 e. The quantitative estimate of drug-likeness (QED) is 0.769. The van der Waals surface area contributed by atoms with Gasteiger partial charge in [0.05, 0.1) is 11.2 Å². The third-order valence-corrected chi connectivity index (χ3v) is 3.40. The van der Waals surface area contributed by atoms with Crippen molar-refractivity contribution in [2.24, 2.45) is 0 Å². The largest absolute Gasteiger partial charge is 0.334 e. The Hall–Kier alpha value is -2.88. The lowest BCUT2D eigenvalue weighted by Gasteiger charge is -2.10. The first kappa shape index (κ1) is 14.1.